The Balaban J connectivity index is 2.09. The van der Waals surface area contributed by atoms with E-state index in [1.54, 1.807) is 0 Å². The topological polar surface area (TPSA) is 54.2 Å². The maximum Gasteiger partial charge on any atom is 0.318 e. The summed E-state index contributed by atoms with van der Waals surface area (Å²) in [5.41, 5.74) is 1.03. The molecule has 0 aliphatic heterocycles. The van der Waals surface area contributed by atoms with Crippen molar-refractivity contribution in [1.82, 2.24) is 15.5 Å². The van der Waals surface area contributed by atoms with Gasteiger partial charge in [-0.2, -0.15) is 0 Å². The summed E-state index contributed by atoms with van der Waals surface area (Å²) in [6.45, 7) is 6.77. The third-order valence-corrected chi connectivity index (χ3v) is 3.70. The van der Waals surface area contributed by atoms with Crippen LogP contribution in [0.5, 0.6) is 0 Å². The number of anilines is 1. The van der Waals surface area contributed by atoms with Gasteiger partial charge in [0.1, 0.15) is 0 Å². The smallest absolute Gasteiger partial charge is 0.318 e. The predicted molar refractivity (Wildman–Crippen MR) is 84.5 cm³/mol. The summed E-state index contributed by atoms with van der Waals surface area (Å²) in [5.74, 6) is 0.580. The van der Waals surface area contributed by atoms with Crippen molar-refractivity contribution in [2.45, 2.75) is 39.4 Å². The third kappa shape index (κ3) is 3.95. The molecule has 1 N–H and O–H groups in total. The molecule has 5 nitrogen and oxygen atoms in total. The fourth-order valence-electron chi connectivity index (χ4n) is 1.94. The Bertz CT molecular complexity index is 585. The van der Waals surface area contributed by atoms with E-state index in [9.17, 15) is 0 Å². The lowest BCUT2D eigenvalue weighted by atomic mass is 10.1. The highest BCUT2D eigenvalue weighted by Gasteiger charge is 2.19. The van der Waals surface area contributed by atoms with Crippen LogP contribution in [0.25, 0.3) is 0 Å². The second-order valence-corrected chi connectivity index (χ2v) is 5.73. The van der Waals surface area contributed by atoms with E-state index >= 15 is 0 Å². The van der Waals surface area contributed by atoms with E-state index < -0.39 is 0 Å². The largest absolute Gasteiger partial charge is 0.407 e. The first-order chi connectivity index (χ1) is 9.99. The molecule has 0 aliphatic rings. The lowest BCUT2D eigenvalue weighted by molar-refractivity contribution is 0.444. The Hall–Kier alpha value is -1.59. The minimum absolute atomic E-state index is 0.0463. The minimum atomic E-state index is 0.0463. The zero-order valence-electron chi connectivity index (χ0n) is 12.8. The molecular formula is C15H21ClN4O. The first-order valence-electron chi connectivity index (χ1n) is 7.02. The van der Waals surface area contributed by atoms with Crippen LogP contribution < -0.4 is 10.2 Å². The van der Waals surface area contributed by atoms with Gasteiger partial charge in [0, 0.05) is 18.1 Å². The molecular weight excluding hydrogens is 288 g/mol. The van der Waals surface area contributed by atoms with Crippen molar-refractivity contribution in [2.75, 3.05) is 11.9 Å². The molecule has 2 aromatic rings. The maximum absolute atomic E-state index is 6.24. The second-order valence-electron chi connectivity index (χ2n) is 5.32. The molecule has 1 aromatic heterocycles. The van der Waals surface area contributed by atoms with Crippen LogP contribution in [0.15, 0.2) is 28.7 Å². The van der Waals surface area contributed by atoms with Gasteiger partial charge in [-0.15, -0.1) is 5.10 Å². The van der Waals surface area contributed by atoms with E-state index in [0.29, 0.717) is 24.5 Å². The van der Waals surface area contributed by atoms with Gasteiger partial charge in [0.25, 0.3) is 0 Å². The van der Waals surface area contributed by atoms with Gasteiger partial charge in [-0.05, 0) is 18.6 Å². The summed E-state index contributed by atoms with van der Waals surface area (Å²) in [6, 6.07) is 8.68. The highest BCUT2D eigenvalue weighted by molar-refractivity contribution is 6.31. The highest BCUT2D eigenvalue weighted by Crippen LogP contribution is 2.29. The van der Waals surface area contributed by atoms with Crippen molar-refractivity contribution in [3.05, 3.63) is 40.7 Å². The summed E-state index contributed by atoms with van der Waals surface area (Å²) in [6.07, 6.45) is 0. The molecule has 0 fully saturated rings. The molecule has 21 heavy (non-hydrogen) atoms. The van der Waals surface area contributed by atoms with Gasteiger partial charge in [-0.25, -0.2) is 0 Å². The van der Waals surface area contributed by atoms with Crippen LogP contribution in [0, 0.1) is 0 Å². The molecule has 1 unspecified atom stereocenters. The number of hydrogen-bond donors (Lipinski definition) is 1. The van der Waals surface area contributed by atoms with Crippen LogP contribution in [-0.4, -0.2) is 23.3 Å². The Morgan fingerprint density at radius 2 is 1.95 bits per heavy atom. The van der Waals surface area contributed by atoms with Gasteiger partial charge in [-0.1, -0.05) is 48.7 Å². The zero-order valence-corrected chi connectivity index (χ0v) is 13.6. The zero-order chi connectivity index (χ0) is 15.4. The van der Waals surface area contributed by atoms with Crippen molar-refractivity contribution in [2.24, 2.45) is 0 Å². The fraction of sp³-hybridized carbons (Fsp3) is 0.467. The predicted octanol–water partition coefficient (Wildman–Crippen LogP) is 3.42. The van der Waals surface area contributed by atoms with Gasteiger partial charge in [-0.3, -0.25) is 0 Å². The van der Waals surface area contributed by atoms with Gasteiger partial charge in [0.15, 0.2) is 0 Å². The number of aromatic nitrogens is 2. The lowest BCUT2D eigenvalue weighted by Gasteiger charge is -2.23. The SMILES string of the molecule is CC(C)NCc1nnc(N(C)C(C)c2ccccc2Cl)o1. The van der Waals surface area contributed by atoms with Crippen LogP contribution in [-0.2, 0) is 6.54 Å². The van der Waals surface area contributed by atoms with E-state index in [2.05, 4.69) is 36.3 Å². The van der Waals surface area contributed by atoms with Gasteiger partial charge >= 0.3 is 6.01 Å². The molecule has 1 atom stereocenters. The maximum atomic E-state index is 6.24. The van der Waals surface area contributed by atoms with Crippen molar-refractivity contribution in [3.8, 4) is 0 Å². The van der Waals surface area contributed by atoms with Crippen LogP contribution >= 0.6 is 11.6 Å². The van der Waals surface area contributed by atoms with E-state index in [0.717, 1.165) is 10.6 Å². The van der Waals surface area contributed by atoms with Crippen molar-refractivity contribution in [1.29, 1.82) is 0 Å². The number of rotatable bonds is 6. The summed E-state index contributed by atoms with van der Waals surface area (Å²) in [7, 11) is 1.92. The lowest BCUT2D eigenvalue weighted by Crippen LogP contribution is -2.22. The van der Waals surface area contributed by atoms with Gasteiger partial charge in [0.05, 0.1) is 12.6 Å². The average molecular weight is 309 g/mol. The minimum Gasteiger partial charge on any atom is -0.407 e. The molecule has 114 valence electrons. The molecule has 6 heteroatoms. The summed E-state index contributed by atoms with van der Waals surface area (Å²) >= 11 is 6.24. The molecule has 0 bridgehead atoms. The Labute approximate surface area is 130 Å². The van der Waals surface area contributed by atoms with E-state index in [1.807, 2.05) is 36.2 Å². The number of benzene rings is 1. The molecule has 0 aliphatic carbocycles. The number of hydrogen-bond acceptors (Lipinski definition) is 5. The molecule has 2 rings (SSSR count). The normalized spacial score (nSPS) is 12.7. The first kappa shape index (κ1) is 15.8. The summed E-state index contributed by atoms with van der Waals surface area (Å²) in [5, 5.41) is 12.1. The molecule has 1 heterocycles. The van der Waals surface area contributed by atoms with E-state index in [1.165, 1.54) is 0 Å². The Morgan fingerprint density at radius 1 is 1.24 bits per heavy atom. The fourth-order valence-corrected chi connectivity index (χ4v) is 2.23. The highest BCUT2D eigenvalue weighted by atomic mass is 35.5. The van der Waals surface area contributed by atoms with Crippen molar-refractivity contribution < 1.29 is 4.42 Å². The number of nitrogens with one attached hydrogen (secondary N) is 1. The molecule has 1 aromatic carbocycles. The van der Waals surface area contributed by atoms with Crippen molar-refractivity contribution >= 4 is 17.6 Å². The molecule has 0 amide bonds. The van der Waals surface area contributed by atoms with Crippen LogP contribution in [0.4, 0.5) is 6.01 Å². The second kappa shape index (κ2) is 6.91. The van der Waals surface area contributed by atoms with Crippen LogP contribution in [0.1, 0.15) is 38.3 Å². The molecule has 0 saturated heterocycles. The Kier molecular flexibility index (Phi) is 5.20. The standard InChI is InChI=1S/C15H21ClN4O/c1-10(2)17-9-14-18-19-15(21-14)20(4)11(3)12-7-5-6-8-13(12)16/h5-8,10-11,17H,9H2,1-4H3. The number of halogens is 1. The van der Waals surface area contributed by atoms with Gasteiger partial charge < -0.3 is 14.6 Å². The van der Waals surface area contributed by atoms with E-state index in [4.69, 9.17) is 16.0 Å². The van der Waals surface area contributed by atoms with E-state index in [-0.39, 0.29) is 6.04 Å². The molecule has 0 spiro atoms. The van der Waals surface area contributed by atoms with Crippen molar-refractivity contribution in [3.63, 3.8) is 0 Å². The third-order valence-electron chi connectivity index (χ3n) is 3.36. The van der Waals surface area contributed by atoms with Gasteiger partial charge in [0.2, 0.25) is 5.89 Å². The quantitative estimate of drug-likeness (QED) is 0.886. The monoisotopic (exact) mass is 308 g/mol. The summed E-state index contributed by atoms with van der Waals surface area (Å²) < 4.78 is 5.68. The van der Waals surface area contributed by atoms with Crippen LogP contribution in [0.2, 0.25) is 5.02 Å². The Morgan fingerprint density at radius 3 is 2.62 bits per heavy atom. The van der Waals surface area contributed by atoms with Crippen LogP contribution in [0.3, 0.4) is 0 Å². The molecule has 0 saturated carbocycles. The molecule has 0 radical (unpaired) electrons. The summed E-state index contributed by atoms with van der Waals surface area (Å²) in [4.78, 5) is 1.92. The number of nitrogens with zero attached hydrogens (tertiary/aromatic N) is 3. The first-order valence-corrected chi connectivity index (χ1v) is 7.40. The average Bonchev–Trinajstić information content (AvgIpc) is 2.93.